The molecule has 2 heteroatoms. The summed E-state index contributed by atoms with van der Waals surface area (Å²) >= 11 is 0. The minimum atomic E-state index is 0.670. The highest BCUT2D eigenvalue weighted by atomic mass is 14.6. The third-order valence-corrected chi connectivity index (χ3v) is 4.12. The second-order valence-electron chi connectivity index (χ2n) is 5.49. The fourth-order valence-corrected chi connectivity index (χ4v) is 2.89. The molecule has 0 atom stereocenters. The zero-order chi connectivity index (χ0) is 14.1. The first-order chi connectivity index (χ1) is 9.74. The highest BCUT2D eigenvalue weighted by Crippen LogP contribution is 2.46. The Labute approximate surface area is 120 Å². The monoisotopic (exact) mass is 264 g/mol. The number of nitrogen functional groups attached to an aromatic ring is 1. The van der Waals surface area contributed by atoms with Gasteiger partial charge in [-0.25, -0.2) is 0 Å². The predicted molar refractivity (Wildman–Crippen MR) is 85.5 cm³/mol. The van der Waals surface area contributed by atoms with Crippen molar-refractivity contribution >= 4 is 11.9 Å². The van der Waals surface area contributed by atoms with Gasteiger partial charge >= 0.3 is 0 Å². The Morgan fingerprint density at radius 3 is 2.70 bits per heavy atom. The molecule has 0 unspecified atom stereocenters. The number of nitrogens with two attached hydrogens (primary N) is 1. The Hall–Kier alpha value is -2.09. The SMILES string of the molecule is CCc1cccc(-c2ccc(N)c(C=N)c2)c1C1CC1. The van der Waals surface area contributed by atoms with Gasteiger partial charge in [0.1, 0.15) is 0 Å². The number of anilines is 1. The third kappa shape index (κ3) is 2.22. The lowest BCUT2D eigenvalue weighted by atomic mass is 9.90. The van der Waals surface area contributed by atoms with E-state index >= 15 is 0 Å². The highest BCUT2D eigenvalue weighted by Gasteiger charge is 2.28. The molecule has 102 valence electrons. The van der Waals surface area contributed by atoms with Gasteiger partial charge in [-0.3, -0.25) is 0 Å². The van der Waals surface area contributed by atoms with E-state index in [4.69, 9.17) is 11.1 Å². The minimum Gasteiger partial charge on any atom is -0.398 e. The van der Waals surface area contributed by atoms with Crippen LogP contribution >= 0.6 is 0 Å². The summed E-state index contributed by atoms with van der Waals surface area (Å²) in [5.41, 5.74) is 12.8. The molecule has 0 amide bonds. The zero-order valence-corrected chi connectivity index (χ0v) is 11.8. The molecule has 20 heavy (non-hydrogen) atoms. The fraction of sp³-hybridized carbons (Fsp3) is 0.278. The van der Waals surface area contributed by atoms with Crippen LogP contribution < -0.4 is 5.73 Å². The summed E-state index contributed by atoms with van der Waals surface area (Å²) in [6.45, 7) is 2.22. The van der Waals surface area contributed by atoms with Crippen molar-refractivity contribution in [2.75, 3.05) is 5.73 Å². The molecule has 2 aromatic rings. The molecule has 0 radical (unpaired) electrons. The second-order valence-corrected chi connectivity index (χ2v) is 5.49. The lowest BCUT2D eigenvalue weighted by Crippen LogP contribution is -1.97. The highest BCUT2D eigenvalue weighted by molar-refractivity contribution is 5.88. The first kappa shape index (κ1) is 12.9. The van der Waals surface area contributed by atoms with Gasteiger partial charge in [-0.15, -0.1) is 0 Å². The van der Waals surface area contributed by atoms with Crippen LogP contribution in [0, 0.1) is 5.41 Å². The summed E-state index contributed by atoms with van der Waals surface area (Å²) in [4.78, 5) is 0. The Bertz CT molecular complexity index is 654. The molecule has 1 fully saturated rings. The van der Waals surface area contributed by atoms with Gasteiger partial charge in [0.15, 0.2) is 0 Å². The number of hydrogen-bond donors (Lipinski definition) is 2. The van der Waals surface area contributed by atoms with Crippen LogP contribution in [-0.2, 0) is 6.42 Å². The molecular formula is C18H20N2. The summed E-state index contributed by atoms with van der Waals surface area (Å²) in [6, 6.07) is 12.6. The first-order valence-corrected chi connectivity index (χ1v) is 7.26. The van der Waals surface area contributed by atoms with Crippen LogP contribution in [0.2, 0.25) is 0 Å². The third-order valence-electron chi connectivity index (χ3n) is 4.12. The van der Waals surface area contributed by atoms with Gasteiger partial charge in [0, 0.05) is 17.5 Å². The quantitative estimate of drug-likeness (QED) is 0.625. The number of rotatable bonds is 4. The van der Waals surface area contributed by atoms with E-state index in [0.717, 1.165) is 17.9 Å². The molecule has 3 rings (SSSR count). The number of hydrogen-bond acceptors (Lipinski definition) is 2. The molecule has 0 heterocycles. The van der Waals surface area contributed by atoms with E-state index < -0.39 is 0 Å². The summed E-state index contributed by atoms with van der Waals surface area (Å²) in [7, 11) is 0. The second kappa shape index (κ2) is 5.12. The lowest BCUT2D eigenvalue weighted by molar-refractivity contribution is 1.03. The van der Waals surface area contributed by atoms with Crippen molar-refractivity contribution in [3.8, 4) is 11.1 Å². The minimum absolute atomic E-state index is 0.670. The van der Waals surface area contributed by atoms with E-state index in [1.807, 2.05) is 12.1 Å². The van der Waals surface area contributed by atoms with Crippen molar-refractivity contribution in [1.82, 2.24) is 0 Å². The van der Waals surface area contributed by atoms with Gasteiger partial charge in [0.05, 0.1) is 0 Å². The van der Waals surface area contributed by atoms with E-state index in [-0.39, 0.29) is 0 Å². The molecule has 0 aliphatic heterocycles. The molecule has 2 aromatic carbocycles. The Balaban J connectivity index is 2.16. The molecule has 0 aromatic heterocycles. The van der Waals surface area contributed by atoms with E-state index in [1.165, 1.54) is 41.3 Å². The van der Waals surface area contributed by atoms with Crippen LogP contribution in [0.5, 0.6) is 0 Å². The summed E-state index contributed by atoms with van der Waals surface area (Å²) in [6.07, 6.45) is 5.01. The number of aryl methyl sites for hydroxylation is 1. The van der Waals surface area contributed by atoms with Gasteiger partial charge in [-0.05, 0) is 59.6 Å². The lowest BCUT2D eigenvalue weighted by Gasteiger charge is -2.14. The molecule has 1 aliphatic rings. The molecule has 1 saturated carbocycles. The van der Waals surface area contributed by atoms with Gasteiger partial charge < -0.3 is 11.1 Å². The summed E-state index contributed by atoms with van der Waals surface area (Å²) in [5, 5.41) is 7.47. The van der Waals surface area contributed by atoms with E-state index in [2.05, 4.69) is 31.2 Å². The van der Waals surface area contributed by atoms with Crippen LogP contribution in [0.1, 0.15) is 42.4 Å². The largest absolute Gasteiger partial charge is 0.398 e. The van der Waals surface area contributed by atoms with Gasteiger partial charge in [0.25, 0.3) is 0 Å². The van der Waals surface area contributed by atoms with Crippen molar-refractivity contribution in [3.05, 3.63) is 53.1 Å². The molecule has 1 aliphatic carbocycles. The van der Waals surface area contributed by atoms with Crippen molar-refractivity contribution in [3.63, 3.8) is 0 Å². The Morgan fingerprint density at radius 1 is 1.25 bits per heavy atom. The van der Waals surface area contributed by atoms with Crippen molar-refractivity contribution in [2.45, 2.75) is 32.1 Å². The summed E-state index contributed by atoms with van der Waals surface area (Å²) < 4.78 is 0. The first-order valence-electron chi connectivity index (χ1n) is 7.26. The van der Waals surface area contributed by atoms with Crippen molar-refractivity contribution in [2.24, 2.45) is 0 Å². The molecule has 2 nitrogen and oxygen atoms in total. The predicted octanol–water partition coefficient (Wildman–Crippen LogP) is 4.37. The average molecular weight is 264 g/mol. The van der Waals surface area contributed by atoms with E-state index in [0.29, 0.717) is 5.69 Å². The summed E-state index contributed by atoms with van der Waals surface area (Å²) in [5.74, 6) is 0.724. The fourth-order valence-electron chi connectivity index (χ4n) is 2.89. The van der Waals surface area contributed by atoms with Gasteiger partial charge in [-0.1, -0.05) is 31.2 Å². The van der Waals surface area contributed by atoms with Crippen LogP contribution in [0.3, 0.4) is 0 Å². The average Bonchev–Trinajstić information content (AvgIpc) is 3.31. The standard InChI is InChI=1S/C18H20N2/c1-2-12-4-3-5-16(18(12)13-6-7-13)14-8-9-17(20)15(10-14)11-19/h3-5,8-11,13,19H,2,6-7,20H2,1H3. The molecule has 3 N–H and O–H groups in total. The maximum atomic E-state index is 7.47. The molecular weight excluding hydrogens is 244 g/mol. The van der Waals surface area contributed by atoms with Crippen LogP contribution in [0.4, 0.5) is 5.69 Å². The topological polar surface area (TPSA) is 49.9 Å². The maximum absolute atomic E-state index is 7.47. The molecule has 0 spiro atoms. The van der Waals surface area contributed by atoms with E-state index in [1.54, 1.807) is 0 Å². The van der Waals surface area contributed by atoms with Crippen LogP contribution in [-0.4, -0.2) is 6.21 Å². The smallest absolute Gasteiger partial charge is 0.0403 e. The van der Waals surface area contributed by atoms with Gasteiger partial charge in [-0.2, -0.15) is 0 Å². The zero-order valence-electron chi connectivity index (χ0n) is 11.8. The Kier molecular flexibility index (Phi) is 3.31. The molecule has 0 saturated heterocycles. The Morgan fingerprint density at radius 2 is 2.05 bits per heavy atom. The normalized spacial score (nSPS) is 14.2. The number of benzene rings is 2. The molecule has 0 bridgehead atoms. The number of nitrogens with one attached hydrogen (secondary N) is 1. The van der Waals surface area contributed by atoms with Crippen molar-refractivity contribution < 1.29 is 0 Å². The van der Waals surface area contributed by atoms with Crippen molar-refractivity contribution in [1.29, 1.82) is 5.41 Å². The maximum Gasteiger partial charge on any atom is 0.0403 e. The van der Waals surface area contributed by atoms with Crippen LogP contribution in [0.15, 0.2) is 36.4 Å². The van der Waals surface area contributed by atoms with Gasteiger partial charge in [0.2, 0.25) is 0 Å². The van der Waals surface area contributed by atoms with E-state index in [9.17, 15) is 0 Å². The van der Waals surface area contributed by atoms with Crippen LogP contribution in [0.25, 0.3) is 11.1 Å².